The van der Waals surface area contributed by atoms with Crippen LogP contribution in [-0.4, -0.2) is 27.7 Å². The zero-order valence-corrected chi connectivity index (χ0v) is 23.3. The molecule has 6 aromatic rings. The van der Waals surface area contributed by atoms with Crippen LogP contribution in [0.1, 0.15) is 0 Å². The van der Waals surface area contributed by atoms with E-state index in [2.05, 4.69) is 97.1 Å². The molecular formula is C36H22O6S. The summed E-state index contributed by atoms with van der Waals surface area (Å²) in [6, 6.07) is 38.7. The van der Waals surface area contributed by atoms with Crippen molar-refractivity contribution in [3.63, 3.8) is 0 Å². The van der Waals surface area contributed by atoms with Gasteiger partial charge in [-0.2, -0.15) is 0 Å². The van der Waals surface area contributed by atoms with Gasteiger partial charge in [0.25, 0.3) is 11.5 Å². The van der Waals surface area contributed by atoms with Gasteiger partial charge in [0, 0.05) is 33.0 Å². The summed E-state index contributed by atoms with van der Waals surface area (Å²) in [5.41, 5.74) is 0. The second kappa shape index (κ2) is 8.89. The van der Waals surface area contributed by atoms with Gasteiger partial charge in [-0.3, -0.25) is 8.42 Å². The van der Waals surface area contributed by atoms with E-state index >= 15 is 0 Å². The summed E-state index contributed by atoms with van der Waals surface area (Å²) in [7, 11) is -5.17. The first-order chi connectivity index (χ1) is 20.7. The third-order valence-electron chi connectivity index (χ3n) is 8.55. The minimum Gasteiger partial charge on any atom is -0.759 e. The van der Waals surface area contributed by atoms with Crippen molar-refractivity contribution in [3.8, 4) is 11.5 Å². The molecule has 0 atom stereocenters. The maximum Gasteiger partial charge on any atom is 0.263 e. The monoisotopic (exact) mass is 582 g/mol. The topological polar surface area (TPSA) is 126 Å². The fraction of sp³-hybridized carbons (Fsp3) is 0. The molecule has 0 spiro atoms. The van der Waals surface area contributed by atoms with Gasteiger partial charge in [0.2, 0.25) is 0 Å². The Morgan fingerprint density at radius 3 is 0.860 bits per heavy atom. The minimum absolute atomic E-state index is 0.628. The van der Waals surface area contributed by atoms with Gasteiger partial charge in [0.15, 0.2) is 0 Å². The Labute approximate surface area is 241 Å². The van der Waals surface area contributed by atoms with Crippen LogP contribution < -0.4 is 0 Å². The highest BCUT2D eigenvalue weighted by Gasteiger charge is 2.11. The van der Waals surface area contributed by atoms with Crippen LogP contribution in [0.3, 0.4) is 0 Å². The molecule has 0 aliphatic heterocycles. The Morgan fingerprint density at radius 2 is 0.581 bits per heavy atom. The highest BCUT2D eigenvalue weighted by atomic mass is 32.3. The van der Waals surface area contributed by atoms with E-state index in [9.17, 15) is 0 Å². The second-order valence-corrected chi connectivity index (χ2v) is 11.7. The quantitative estimate of drug-likeness (QED) is 0.149. The number of rotatable bonds is 0. The van der Waals surface area contributed by atoms with Crippen molar-refractivity contribution in [2.75, 3.05) is 0 Å². The number of hydrogen-bond acceptors (Lipinski definition) is 4. The minimum atomic E-state index is -5.17. The molecule has 0 unspecified atom stereocenters. The van der Waals surface area contributed by atoms with Gasteiger partial charge in [0.1, 0.15) is 0 Å². The molecule has 8 aliphatic rings. The molecule has 0 amide bonds. The molecule has 6 aromatic carbocycles. The van der Waals surface area contributed by atoms with Crippen LogP contribution in [-0.2, 0) is 10.4 Å². The average Bonchev–Trinajstić information content (AvgIpc) is 3.48. The van der Waals surface area contributed by atoms with Crippen LogP contribution in [0.2, 0.25) is 0 Å². The number of benzene rings is 6. The maximum absolute atomic E-state index is 8.52. The molecule has 0 saturated carbocycles. The van der Waals surface area contributed by atoms with Crippen molar-refractivity contribution < 1.29 is 27.7 Å². The fourth-order valence-corrected chi connectivity index (χ4v) is 6.84. The maximum atomic E-state index is 8.52. The first kappa shape index (κ1) is 25.5. The molecule has 208 valence electrons. The summed E-state index contributed by atoms with van der Waals surface area (Å²) in [4.78, 5) is 0. The molecule has 0 radical (unpaired) electrons. The first-order valence-corrected chi connectivity index (χ1v) is 14.9. The van der Waals surface area contributed by atoms with Crippen LogP contribution >= 0.6 is 0 Å². The summed E-state index contributed by atoms with van der Waals surface area (Å²) in [6.07, 6.45) is 0. The van der Waals surface area contributed by atoms with Gasteiger partial charge in [0.05, 0.1) is 10.4 Å². The van der Waals surface area contributed by atoms with E-state index < -0.39 is 10.4 Å². The molecule has 14 rings (SSSR count). The summed E-state index contributed by atoms with van der Waals surface area (Å²) >= 11 is 0. The first-order valence-electron chi connectivity index (χ1n) is 13.6. The van der Waals surface area contributed by atoms with E-state index in [4.69, 9.17) is 27.7 Å². The van der Waals surface area contributed by atoms with Crippen molar-refractivity contribution in [3.05, 3.63) is 193 Å². The summed E-state index contributed by atoms with van der Waals surface area (Å²) in [5.74, 6) is 1.26. The highest BCUT2D eigenvalue weighted by molar-refractivity contribution is 7.79. The van der Waals surface area contributed by atoms with Crippen LogP contribution in [0.25, 0.3) is 0 Å². The summed E-state index contributed by atoms with van der Waals surface area (Å²) in [6.45, 7) is 0. The third-order valence-corrected chi connectivity index (χ3v) is 8.55. The molecular weight excluding hydrogens is 560 g/mol. The molecule has 0 heterocycles. The molecule has 0 fully saturated rings. The summed E-state index contributed by atoms with van der Waals surface area (Å²) < 4.78 is 34.1. The molecule has 4 N–H and O–H groups in total. The lowest BCUT2D eigenvalue weighted by molar-refractivity contribution is 0.352. The van der Waals surface area contributed by atoms with Crippen LogP contribution in [0.15, 0.2) is 109 Å². The lowest BCUT2D eigenvalue weighted by atomic mass is 10.1. The van der Waals surface area contributed by atoms with Crippen molar-refractivity contribution >= 4 is 10.4 Å². The van der Waals surface area contributed by atoms with Gasteiger partial charge in [-0.1, -0.05) is 97.1 Å². The van der Waals surface area contributed by atoms with Crippen LogP contribution in [0, 0.1) is 83.5 Å². The van der Waals surface area contributed by atoms with E-state index in [-0.39, 0.29) is 0 Å². The predicted molar refractivity (Wildman–Crippen MR) is 157 cm³/mol. The van der Waals surface area contributed by atoms with Gasteiger partial charge < -0.3 is 19.3 Å². The third kappa shape index (κ3) is 3.90. The Kier molecular flexibility index (Phi) is 5.27. The Morgan fingerprint density at radius 1 is 0.372 bits per heavy atom. The Hall–Kier alpha value is -5.21. The standard InChI is InChI=1S/2C18H10O.H2O4S/c2*19-15-9-14-10-1-3-13(4-2-10)18-16(14)11-5-7-12(8-6-11)17(15)18;1-5(2,3)4/h2*1-9,19H;(H2,1,2,3,4). The molecule has 43 heavy (non-hydrogen) atoms. The highest BCUT2D eigenvalue weighted by Crippen LogP contribution is 2.24. The predicted octanol–water partition coefficient (Wildman–Crippen LogP) is 4.46. The second-order valence-electron chi connectivity index (χ2n) is 10.9. The SMILES string of the molecule is O=S(=O)([O-])[O-].[OH2+]c1cc2c3c(c1=c1ccc=3cc1)=c1ccc=2cc1.[OH2+]c1cc2c3c(c1=c1ccc=3cc1)=c1ccc=2cc1. The lowest BCUT2D eigenvalue weighted by Crippen LogP contribution is -1.91. The Balaban J connectivity index is 0.000000112. The largest absolute Gasteiger partial charge is 0.759 e. The van der Waals surface area contributed by atoms with E-state index in [1.165, 1.54) is 62.6 Å². The van der Waals surface area contributed by atoms with Gasteiger partial charge >= 0.3 is 0 Å². The zero-order valence-electron chi connectivity index (χ0n) is 22.4. The molecule has 0 aromatic heterocycles. The molecule has 0 saturated heterocycles. The van der Waals surface area contributed by atoms with Gasteiger partial charge in [-0.25, -0.2) is 0 Å². The average molecular weight is 583 g/mol. The zero-order chi connectivity index (χ0) is 29.6. The molecule has 6 nitrogen and oxygen atoms in total. The molecule has 16 bridgehead atoms. The van der Waals surface area contributed by atoms with E-state index in [0.29, 0.717) is 11.5 Å². The molecule has 8 aliphatic carbocycles. The van der Waals surface area contributed by atoms with Crippen molar-refractivity contribution in [1.82, 2.24) is 0 Å². The van der Waals surface area contributed by atoms with Crippen molar-refractivity contribution in [2.45, 2.75) is 0 Å². The number of hydrogen-bond donors (Lipinski definition) is 0. The smallest absolute Gasteiger partial charge is 0.263 e. The van der Waals surface area contributed by atoms with Crippen molar-refractivity contribution in [1.29, 1.82) is 0 Å². The summed E-state index contributed by atoms with van der Waals surface area (Å²) in [5, 5.41) is 36.1. The van der Waals surface area contributed by atoms with Gasteiger partial charge in [-0.15, -0.1) is 0 Å². The Bertz CT molecular complexity index is 2880. The lowest BCUT2D eigenvalue weighted by Gasteiger charge is -2.06. The van der Waals surface area contributed by atoms with Crippen LogP contribution in [0.4, 0.5) is 0 Å². The van der Waals surface area contributed by atoms with Gasteiger partial charge in [-0.05, 0) is 62.6 Å². The fourth-order valence-electron chi connectivity index (χ4n) is 6.84. The van der Waals surface area contributed by atoms with E-state index in [1.807, 2.05) is 12.1 Å². The van der Waals surface area contributed by atoms with E-state index in [0.717, 1.165) is 20.9 Å². The number of fused-ring (bicyclic) bond motifs is 8. The van der Waals surface area contributed by atoms with Crippen molar-refractivity contribution in [2.24, 2.45) is 0 Å². The van der Waals surface area contributed by atoms with E-state index in [1.54, 1.807) is 0 Å². The normalized spacial score (nSPS) is 12.3. The van der Waals surface area contributed by atoms with Crippen LogP contribution in [0.5, 0.6) is 11.5 Å². The molecule has 7 heteroatoms.